The lowest BCUT2D eigenvalue weighted by Gasteiger charge is -2.44. The first kappa shape index (κ1) is 13.8. The molecule has 0 radical (unpaired) electrons. The zero-order valence-corrected chi connectivity index (χ0v) is 11.9. The lowest BCUT2D eigenvalue weighted by Crippen LogP contribution is -2.58. The molecule has 0 aromatic carbocycles. The molecule has 4 heteroatoms. The second-order valence-corrected chi connectivity index (χ2v) is 6.51. The van der Waals surface area contributed by atoms with Crippen molar-refractivity contribution in [2.24, 2.45) is 5.73 Å². The van der Waals surface area contributed by atoms with Gasteiger partial charge >= 0.3 is 5.97 Å². The molecule has 0 bridgehead atoms. The Labute approximate surface area is 110 Å². The van der Waals surface area contributed by atoms with Gasteiger partial charge in [0, 0.05) is 11.6 Å². The molecule has 2 rings (SSSR count). The standard InChI is InChI=1S/C14H26N2O2/c1-13(2)7-5-9-16(13)11-6-4-8-14(15,10-11)12(17)18-3/h11H,4-10,15H2,1-3H3. The summed E-state index contributed by atoms with van der Waals surface area (Å²) in [7, 11) is 1.43. The summed E-state index contributed by atoms with van der Waals surface area (Å²) in [6, 6.07) is 0.431. The first-order valence-corrected chi connectivity index (χ1v) is 7.03. The highest BCUT2D eigenvalue weighted by molar-refractivity contribution is 5.80. The number of nitrogens with two attached hydrogens (primary N) is 1. The minimum atomic E-state index is -0.768. The molecule has 2 unspecified atom stereocenters. The summed E-state index contributed by atoms with van der Waals surface area (Å²) < 4.78 is 4.87. The molecule has 1 saturated carbocycles. The minimum Gasteiger partial charge on any atom is -0.468 e. The minimum absolute atomic E-state index is 0.246. The fourth-order valence-electron chi connectivity index (χ4n) is 3.74. The van der Waals surface area contributed by atoms with Crippen molar-refractivity contribution >= 4 is 5.97 Å². The van der Waals surface area contributed by atoms with Gasteiger partial charge in [-0.05, 0) is 58.9 Å². The van der Waals surface area contributed by atoms with Gasteiger partial charge in [-0.3, -0.25) is 9.69 Å². The molecule has 1 aliphatic heterocycles. The number of nitrogens with zero attached hydrogens (tertiary/aromatic N) is 1. The fraction of sp³-hybridized carbons (Fsp3) is 0.929. The van der Waals surface area contributed by atoms with E-state index in [1.165, 1.54) is 20.0 Å². The first-order valence-electron chi connectivity index (χ1n) is 7.03. The van der Waals surface area contributed by atoms with Crippen LogP contribution in [-0.2, 0) is 9.53 Å². The van der Waals surface area contributed by atoms with Crippen LogP contribution in [0.5, 0.6) is 0 Å². The summed E-state index contributed by atoms with van der Waals surface area (Å²) in [6.07, 6.45) is 6.15. The first-order chi connectivity index (χ1) is 8.39. The van der Waals surface area contributed by atoms with E-state index in [9.17, 15) is 4.79 Å². The molecule has 104 valence electrons. The molecule has 18 heavy (non-hydrogen) atoms. The van der Waals surface area contributed by atoms with E-state index in [2.05, 4.69) is 18.7 Å². The largest absolute Gasteiger partial charge is 0.468 e. The van der Waals surface area contributed by atoms with Crippen molar-refractivity contribution in [3.05, 3.63) is 0 Å². The number of esters is 1. The number of rotatable bonds is 2. The van der Waals surface area contributed by atoms with Crippen molar-refractivity contribution in [1.29, 1.82) is 0 Å². The Morgan fingerprint density at radius 1 is 1.33 bits per heavy atom. The van der Waals surface area contributed by atoms with Crippen LogP contribution in [0.25, 0.3) is 0 Å². The van der Waals surface area contributed by atoms with Crippen molar-refractivity contribution in [2.75, 3.05) is 13.7 Å². The van der Waals surface area contributed by atoms with E-state index in [0.29, 0.717) is 6.04 Å². The lowest BCUT2D eigenvalue weighted by atomic mass is 9.78. The molecule has 2 fully saturated rings. The average Bonchev–Trinajstić information content (AvgIpc) is 2.68. The van der Waals surface area contributed by atoms with E-state index in [1.807, 2.05) is 0 Å². The number of likely N-dealkylation sites (tertiary alicyclic amines) is 1. The maximum atomic E-state index is 11.8. The van der Waals surface area contributed by atoms with Gasteiger partial charge in [0.05, 0.1) is 7.11 Å². The molecule has 1 heterocycles. The van der Waals surface area contributed by atoms with Crippen molar-refractivity contribution in [3.8, 4) is 0 Å². The van der Waals surface area contributed by atoms with Gasteiger partial charge in [0.15, 0.2) is 0 Å². The maximum Gasteiger partial charge on any atom is 0.325 e. The van der Waals surface area contributed by atoms with Gasteiger partial charge in [-0.15, -0.1) is 0 Å². The smallest absolute Gasteiger partial charge is 0.325 e. The van der Waals surface area contributed by atoms with E-state index in [1.54, 1.807) is 0 Å². The fourth-order valence-corrected chi connectivity index (χ4v) is 3.74. The summed E-state index contributed by atoms with van der Waals surface area (Å²) in [4.78, 5) is 14.4. The SMILES string of the molecule is COC(=O)C1(N)CCCC(N2CCCC2(C)C)C1. The lowest BCUT2D eigenvalue weighted by molar-refractivity contribution is -0.149. The summed E-state index contributed by atoms with van der Waals surface area (Å²) >= 11 is 0. The van der Waals surface area contributed by atoms with Crippen molar-refractivity contribution in [3.63, 3.8) is 0 Å². The Bertz CT molecular complexity index is 330. The third-order valence-corrected chi connectivity index (χ3v) is 4.76. The zero-order chi connectivity index (χ0) is 13.4. The second-order valence-electron chi connectivity index (χ2n) is 6.51. The highest BCUT2D eigenvalue weighted by Crippen LogP contribution is 2.38. The number of hydrogen-bond donors (Lipinski definition) is 1. The molecule has 1 aliphatic carbocycles. The predicted molar refractivity (Wildman–Crippen MR) is 71.2 cm³/mol. The quantitative estimate of drug-likeness (QED) is 0.762. The second kappa shape index (κ2) is 4.82. The van der Waals surface area contributed by atoms with Gasteiger partial charge in [0.1, 0.15) is 5.54 Å². The predicted octanol–water partition coefficient (Wildman–Crippen LogP) is 1.67. The number of methoxy groups -OCH3 is 1. The topological polar surface area (TPSA) is 55.6 Å². The Hall–Kier alpha value is -0.610. The third-order valence-electron chi connectivity index (χ3n) is 4.76. The number of carbonyl (C=O) groups is 1. The Kier molecular flexibility index (Phi) is 3.70. The van der Waals surface area contributed by atoms with Crippen molar-refractivity contribution in [2.45, 2.75) is 69.5 Å². The van der Waals surface area contributed by atoms with E-state index in [4.69, 9.17) is 10.5 Å². The maximum absolute atomic E-state index is 11.8. The molecule has 1 saturated heterocycles. The number of carbonyl (C=O) groups excluding carboxylic acids is 1. The summed E-state index contributed by atoms with van der Waals surface area (Å²) in [5.41, 5.74) is 5.74. The molecular weight excluding hydrogens is 228 g/mol. The monoisotopic (exact) mass is 254 g/mol. The van der Waals surface area contributed by atoms with Crippen LogP contribution >= 0.6 is 0 Å². The highest BCUT2D eigenvalue weighted by Gasteiger charge is 2.45. The van der Waals surface area contributed by atoms with Gasteiger partial charge < -0.3 is 10.5 Å². The molecule has 2 aliphatic rings. The molecular formula is C14H26N2O2. The van der Waals surface area contributed by atoms with Crippen LogP contribution in [0.4, 0.5) is 0 Å². The van der Waals surface area contributed by atoms with Crippen LogP contribution in [0.2, 0.25) is 0 Å². The van der Waals surface area contributed by atoms with Gasteiger partial charge in [-0.25, -0.2) is 0 Å². The van der Waals surface area contributed by atoms with E-state index in [-0.39, 0.29) is 11.5 Å². The van der Waals surface area contributed by atoms with Gasteiger partial charge in [0.25, 0.3) is 0 Å². The normalized spacial score (nSPS) is 36.6. The van der Waals surface area contributed by atoms with Crippen LogP contribution in [0.1, 0.15) is 52.4 Å². The van der Waals surface area contributed by atoms with Crippen LogP contribution in [-0.4, -0.2) is 41.6 Å². The molecule has 0 amide bonds. The summed E-state index contributed by atoms with van der Waals surface area (Å²) in [6.45, 7) is 5.73. The summed E-state index contributed by atoms with van der Waals surface area (Å²) in [5, 5.41) is 0. The van der Waals surface area contributed by atoms with Crippen LogP contribution in [0.3, 0.4) is 0 Å². The van der Waals surface area contributed by atoms with E-state index >= 15 is 0 Å². The molecule has 0 spiro atoms. The number of hydrogen-bond acceptors (Lipinski definition) is 4. The van der Waals surface area contributed by atoms with Crippen molar-refractivity contribution in [1.82, 2.24) is 4.90 Å². The van der Waals surface area contributed by atoms with Crippen LogP contribution < -0.4 is 5.73 Å². The van der Waals surface area contributed by atoms with E-state index in [0.717, 1.165) is 32.2 Å². The number of ether oxygens (including phenoxy) is 1. The molecule has 4 nitrogen and oxygen atoms in total. The molecule has 0 aromatic heterocycles. The Morgan fingerprint density at radius 3 is 2.61 bits per heavy atom. The van der Waals surface area contributed by atoms with E-state index < -0.39 is 5.54 Å². The average molecular weight is 254 g/mol. The van der Waals surface area contributed by atoms with Crippen LogP contribution in [0.15, 0.2) is 0 Å². The third kappa shape index (κ3) is 2.41. The zero-order valence-electron chi connectivity index (χ0n) is 11.9. The van der Waals surface area contributed by atoms with Gasteiger partial charge in [-0.1, -0.05) is 0 Å². The molecule has 2 N–H and O–H groups in total. The Balaban J connectivity index is 2.09. The Morgan fingerprint density at radius 2 is 2.06 bits per heavy atom. The van der Waals surface area contributed by atoms with Crippen LogP contribution in [0, 0.1) is 0 Å². The van der Waals surface area contributed by atoms with Gasteiger partial charge in [-0.2, -0.15) is 0 Å². The van der Waals surface area contributed by atoms with Gasteiger partial charge in [0.2, 0.25) is 0 Å². The highest BCUT2D eigenvalue weighted by atomic mass is 16.5. The molecule has 2 atom stereocenters. The summed E-state index contributed by atoms with van der Waals surface area (Å²) in [5.74, 6) is -0.246. The molecule has 0 aromatic rings. The van der Waals surface area contributed by atoms with Crippen molar-refractivity contribution < 1.29 is 9.53 Å².